The van der Waals surface area contributed by atoms with E-state index in [-0.39, 0.29) is 12.4 Å². The SMILES string of the molecule is Nc1nc(Oc2ccc(NC(=O)N[C@@H](Cc3ccccc3)C(=O)O)cc2)c2cc[nH]c2n1. The molecule has 0 aliphatic heterocycles. The van der Waals surface area contributed by atoms with E-state index in [1.807, 2.05) is 18.2 Å². The van der Waals surface area contributed by atoms with E-state index < -0.39 is 18.0 Å². The Morgan fingerprint density at radius 3 is 2.53 bits per heavy atom. The fourth-order valence-electron chi connectivity index (χ4n) is 3.10. The quantitative estimate of drug-likeness (QED) is 0.300. The van der Waals surface area contributed by atoms with Crippen LogP contribution in [0.5, 0.6) is 11.6 Å². The van der Waals surface area contributed by atoms with Crippen molar-refractivity contribution in [1.82, 2.24) is 20.3 Å². The first-order valence-corrected chi connectivity index (χ1v) is 9.71. The molecule has 4 aromatic rings. The number of nitrogens with zero attached hydrogens (tertiary/aromatic N) is 2. The minimum Gasteiger partial charge on any atom is -0.480 e. The molecule has 2 amide bonds. The molecule has 0 aliphatic carbocycles. The molecule has 0 bridgehead atoms. The van der Waals surface area contributed by atoms with Crippen molar-refractivity contribution in [3.63, 3.8) is 0 Å². The van der Waals surface area contributed by atoms with Crippen LogP contribution in [-0.2, 0) is 11.2 Å². The van der Waals surface area contributed by atoms with Crippen molar-refractivity contribution in [2.75, 3.05) is 11.1 Å². The van der Waals surface area contributed by atoms with Crippen LogP contribution >= 0.6 is 0 Å². The maximum absolute atomic E-state index is 12.3. The van der Waals surface area contributed by atoms with Gasteiger partial charge in [-0.1, -0.05) is 30.3 Å². The monoisotopic (exact) mass is 432 g/mol. The van der Waals surface area contributed by atoms with Gasteiger partial charge in [-0.2, -0.15) is 9.97 Å². The van der Waals surface area contributed by atoms with Gasteiger partial charge in [-0.25, -0.2) is 9.59 Å². The number of hydrogen-bond acceptors (Lipinski definition) is 6. The molecule has 4 rings (SSSR count). The summed E-state index contributed by atoms with van der Waals surface area (Å²) in [5.74, 6) is -0.261. The highest BCUT2D eigenvalue weighted by atomic mass is 16.5. The molecule has 32 heavy (non-hydrogen) atoms. The third-order valence-corrected chi connectivity index (χ3v) is 4.61. The average molecular weight is 432 g/mol. The smallest absolute Gasteiger partial charge is 0.326 e. The Morgan fingerprint density at radius 2 is 1.81 bits per heavy atom. The number of aliphatic carboxylic acids is 1. The van der Waals surface area contributed by atoms with Crippen molar-refractivity contribution in [3.05, 3.63) is 72.4 Å². The highest BCUT2D eigenvalue weighted by molar-refractivity contribution is 5.92. The van der Waals surface area contributed by atoms with Gasteiger partial charge in [-0.15, -0.1) is 0 Å². The highest BCUT2D eigenvalue weighted by Crippen LogP contribution is 2.28. The van der Waals surface area contributed by atoms with Gasteiger partial charge in [0.25, 0.3) is 0 Å². The van der Waals surface area contributed by atoms with Crippen LogP contribution < -0.4 is 21.1 Å². The van der Waals surface area contributed by atoms with E-state index in [4.69, 9.17) is 10.5 Å². The highest BCUT2D eigenvalue weighted by Gasteiger charge is 2.20. The molecule has 10 heteroatoms. The normalized spacial score (nSPS) is 11.6. The number of fused-ring (bicyclic) bond motifs is 1. The van der Waals surface area contributed by atoms with E-state index in [2.05, 4.69) is 25.6 Å². The molecule has 0 unspecified atom stereocenters. The number of benzene rings is 2. The van der Waals surface area contributed by atoms with E-state index in [1.54, 1.807) is 48.7 Å². The summed E-state index contributed by atoms with van der Waals surface area (Å²) in [4.78, 5) is 35.0. The lowest BCUT2D eigenvalue weighted by molar-refractivity contribution is -0.139. The molecule has 0 radical (unpaired) electrons. The second-order valence-corrected chi connectivity index (χ2v) is 6.93. The first-order valence-electron chi connectivity index (χ1n) is 9.71. The minimum absolute atomic E-state index is 0.0772. The molecular formula is C22H20N6O4. The van der Waals surface area contributed by atoms with Crippen LogP contribution in [0.1, 0.15) is 5.56 Å². The van der Waals surface area contributed by atoms with Crippen LogP contribution in [0.15, 0.2) is 66.9 Å². The van der Waals surface area contributed by atoms with Gasteiger partial charge < -0.3 is 31.2 Å². The van der Waals surface area contributed by atoms with Gasteiger partial charge in [0.2, 0.25) is 11.8 Å². The third kappa shape index (κ3) is 4.93. The number of nitrogens with two attached hydrogens (primary N) is 1. The van der Waals surface area contributed by atoms with E-state index in [9.17, 15) is 14.7 Å². The van der Waals surface area contributed by atoms with Crippen LogP contribution in [0.4, 0.5) is 16.4 Å². The molecule has 6 N–H and O–H groups in total. The molecule has 2 aromatic carbocycles. The lowest BCUT2D eigenvalue weighted by Crippen LogP contribution is -2.44. The summed E-state index contributed by atoms with van der Waals surface area (Å²) in [5.41, 5.74) is 7.54. The van der Waals surface area contributed by atoms with E-state index in [0.29, 0.717) is 28.4 Å². The number of urea groups is 1. The molecule has 0 saturated heterocycles. The second kappa shape index (κ2) is 9.04. The zero-order valence-corrected chi connectivity index (χ0v) is 16.8. The second-order valence-electron chi connectivity index (χ2n) is 6.93. The number of nitrogen functional groups attached to an aromatic ring is 1. The van der Waals surface area contributed by atoms with E-state index in [1.165, 1.54) is 0 Å². The van der Waals surface area contributed by atoms with Crippen LogP contribution in [0.3, 0.4) is 0 Å². The van der Waals surface area contributed by atoms with Crippen molar-refractivity contribution in [2.24, 2.45) is 0 Å². The number of anilines is 2. The standard InChI is InChI=1S/C22H20N6O4/c23-21-27-18-16(10-11-24-18)19(28-21)32-15-8-6-14(7-9-15)25-22(31)26-17(20(29)30)12-13-4-2-1-3-5-13/h1-11,17H,12H2,(H,29,30)(H2,25,26,31)(H3,23,24,27,28)/t17-/m0/s1. The average Bonchev–Trinajstić information content (AvgIpc) is 3.24. The van der Waals surface area contributed by atoms with E-state index >= 15 is 0 Å². The number of ether oxygens (including phenoxy) is 1. The molecule has 1 atom stereocenters. The Morgan fingerprint density at radius 1 is 1.06 bits per heavy atom. The van der Waals surface area contributed by atoms with Crippen LogP contribution in [0, 0.1) is 0 Å². The van der Waals surface area contributed by atoms with Crippen molar-refractivity contribution in [3.8, 4) is 11.6 Å². The van der Waals surface area contributed by atoms with Gasteiger partial charge >= 0.3 is 12.0 Å². The molecule has 0 spiro atoms. The number of hydrogen-bond donors (Lipinski definition) is 5. The molecule has 0 fully saturated rings. The molecule has 162 valence electrons. The topological polar surface area (TPSA) is 155 Å². The van der Waals surface area contributed by atoms with Crippen LogP contribution in [-0.4, -0.2) is 38.1 Å². The summed E-state index contributed by atoms with van der Waals surface area (Å²) in [6.07, 6.45) is 1.88. The van der Waals surface area contributed by atoms with Gasteiger partial charge in [-0.3, -0.25) is 0 Å². The number of carbonyl (C=O) groups excluding carboxylic acids is 1. The summed E-state index contributed by atoms with van der Waals surface area (Å²) in [5, 5.41) is 15.2. The molecular weight excluding hydrogens is 412 g/mol. The van der Waals surface area contributed by atoms with Crippen molar-refractivity contribution < 1.29 is 19.4 Å². The maximum atomic E-state index is 12.3. The number of aromatic amines is 1. The number of carbonyl (C=O) groups is 2. The van der Waals surface area contributed by atoms with Gasteiger partial charge in [0.15, 0.2) is 0 Å². The lowest BCUT2D eigenvalue weighted by Gasteiger charge is -2.15. The Balaban J connectivity index is 1.39. The number of carboxylic acid groups (broad SMARTS) is 1. The summed E-state index contributed by atoms with van der Waals surface area (Å²) >= 11 is 0. The van der Waals surface area contributed by atoms with Crippen LogP contribution in [0.2, 0.25) is 0 Å². The first kappa shape index (κ1) is 20.7. The number of H-pyrrole nitrogens is 1. The number of amides is 2. The summed E-state index contributed by atoms with van der Waals surface area (Å²) in [6.45, 7) is 0. The fraction of sp³-hybridized carbons (Fsp3) is 0.0909. The third-order valence-electron chi connectivity index (χ3n) is 4.61. The number of rotatable bonds is 7. The molecule has 0 saturated carbocycles. The summed E-state index contributed by atoms with van der Waals surface area (Å²) in [6, 6.07) is 15.7. The van der Waals surface area contributed by atoms with Crippen molar-refractivity contribution in [2.45, 2.75) is 12.5 Å². The van der Waals surface area contributed by atoms with Gasteiger partial charge in [0, 0.05) is 18.3 Å². The van der Waals surface area contributed by atoms with Crippen molar-refractivity contribution >= 4 is 34.7 Å². The first-order chi connectivity index (χ1) is 15.5. The van der Waals surface area contributed by atoms with Crippen molar-refractivity contribution in [1.29, 1.82) is 0 Å². The fourth-order valence-corrected chi connectivity index (χ4v) is 3.10. The Hall–Kier alpha value is -4.60. The van der Waals surface area contributed by atoms with Gasteiger partial charge in [-0.05, 0) is 35.9 Å². The van der Waals surface area contributed by atoms with Crippen LogP contribution in [0.25, 0.3) is 11.0 Å². The molecule has 10 nitrogen and oxygen atoms in total. The lowest BCUT2D eigenvalue weighted by atomic mass is 10.1. The Bertz CT molecular complexity index is 1240. The van der Waals surface area contributed by atoms with E-state index in [0.717, 1.165) is 5.56 Å². The predicted octanol–water partition coefficient (Wildman–Crippen LogP) is 3.15. The molecule has 2 aromatic heterocycles. The van der Waals surface area contributed by atoms with Gasteiger partial charge in [0.05, 0.1) is 5.39 Å². The van der Waals surface area contributed by atoms with Gasteiger partial charge in [0.1, 0.15) is 17.4 Å². The number of aromatic nitrogens is 3. The predicted molar refractivity (Wildman–Crippen MR) is 119 cm³/mol. The zero-order valence-electron chi connectivity index (χ0n) is 16.8. The Labute approximate surface area is 182 Å². The summed E-state index contributed by atoms with van der Waals surface area (Å²) in [7, 11) is 0. The zero-order chi connectivity index (χ0) is 22.5. The Kier molecular flexibility index (Phi) is 5.84. The molecule has 0 aliphatic rings. The molecule has 2 heterocycles. The minimum atomic E-state index is -1.12. The summed E-state index contributed by atoms with van der Waals surface area (Å²) < 4.78 is 5.80. The largest absolute Gasteiger partial charge is 0.480 e. The number of nitrogens with one attached hydrogen (secondary N) is 3. The maximum Gasteiger partial charge on any atom is 0.326 e. The number of carboxylic acids is 1.